The summed E-state index contributed by atoms with van der Waals surface area (Å²) >= 11 is 5.69. The van der Waals surface area contributed by atoms with Gasteiger partial charge < -0.3 is 4.42 Å². The highest BCUT2D eigenvalue weighted by molar-refractivity contribution is 6.30. The second-order valence-corrected chi connectivity index (χ2v) is 4.18. The van der Waals surface area contributed by atoms with Crippen LogP contribution in [0.5, 0.6) is 0 Å². The Kier molecular flexibility index (Phi) is 3.61. The second-order valence-electron chi connectivity index (χ2n) is 3.74. The Morgan fingerprint density at radius 1 is 1.26 bits per heavy atom. The number of oxazole rings is 1. The normalized spacial score (nSPS) is 11.6. The van der Waals surface area contributed by atoms with Crippen molar-refractivity contribution in [2.75, 3.05) is 0 Å². The first-order chi connectivity index (χ1) is 8.89. The Morgan fingerprint density at radius 3 is 2.42 bits per heavy atom. The van der Waals surface area contributed by atoms with Crippen LogP contribution in [-0.4, -0.2) is 17.4 Å². The van der Waals surface area contributed by atoms with Gasteiger partial charge in [0, 0.05) is 10.6 Å². The van der Waals surface area contributed by atoms with Gasteiger partial charge in [0.05, 0.1) is 0 Å². The van der Waals surface area contributed by atoms with Crippen LogP contribution in [0.2, 0.25) is 5.02 Å². The van der Waals surface area contributed by atoms with Crippen LogP contribution in [0.15, 0.2) is 28.7 Å². The van der Waals surface area contributed by atoms with E-state index in [1.165, 1.54) is 0 Å². The molecule has 0 fully saturated rings. The van der Waals surface area contributed by atoms with E-state index < -0.39 is 18.4 Å². The number of hydrogen-bond acceptors (Lipinski definition) is 3. The van der Waals surface area contributed by atoms with E-state index in [2.05, 4.69) is 4.98 Å². The summed E-state index contributed by atoms with van der Waals surface area (Å²) in [6.07, 6.45) is -5.56. The van der Waals surface area contributed by atoms with Crippen LogP contribution < -0.4 is 0 Å². The second kappa shape index (κ2) is 5.05. The zero-order chi connectivity index (χ0) is 14.0. The van der Waals surface area contributed by atoms with Gasteiger partial charge in [-0.1, -0.05) is 11.6 Å². The van der Waals surface area contributed by atoms with Crippen molar-refractivity contribution in [1.82, 2.24) is 4.98 Å². The van der Waals surface area contributed by atoms with E-state index in [9.17, 15) is 18.0 Å². The van der Waals surface area contributed by atoms with Gasteiger partial charge in [0.2, 0.25) is 5.89 Å². The number of aldehydes is 1. The van der Waals surface area contributed by atoms with Gasteiger partial charge in [0.1, 0.15) is 17.9 Å². The fourth-order valence-electron chi connectivity index (χ4n) is 1.48. The molecule has 0 unspecified atom stereocenters. The highest BCUT2D eigenvalue weighted by Crippen LogP contribution is 2.27. The third kappa shape index (κ3) is 3.35. The van der Waals surface area contributed by atoms with Crippen molar-refractivity contribution in [3.8, 4) is 11.5 Å². The molecular formula is C12H7ClF3NO2. The molecule has 0 saturated carbocycles. The smallest absolute Gasteiger partial charge is 0.396 e. The summed E-state index contributed by atoms with van der Waals surface area (Å²) in [7, 11) is 0. The van der Waals surface area contributed by atoms with Gasteiger partial charge in [0.15, 0.2) is 6.29 Å². The SMILES string of the molecule is O=Cc1nc(-c2ccc(Cl)cc2)oc1CC(F)(F)F. The Morgan fingerprint density at radius 2 is 1.89 bits per heavy atom. The first-order valence-corrected chi connectivity index (χ1v) is 5.54. The van der Waals surface area contributed by atoms with E-state index in [1.807, 2.05) is 0 Å². The number of aromatic nitrogens is 1. The lowest BCUT2D eigenvalue weighted by molar-refractivity contribution is -0.130. The predicted molar refractivity (Wildman–Crippen MR) is 62.1 cm³/mol. The average molecular weight is 290 g/mol. The van der Waals surface area contributed by atoms with Crippen molar-refractivity contribution in [2.45, 2.75) is 12.6 Å². The Labute approximate surface area is 111 Å². The fraction of sp³-hybridized carbons (Fsp3) is 0.167. The van der Waals surface area contributed by atoms with Gasteiger partial charge in [-0.2, -0.15) is 13.2 Å². The molecule has 0 saturated heterocycles. The minimum absolute atomic E-state index is 0.0435. The largest absolute Gasteiger partial charge is 0.440 e. The Hall–Kier alpha value is -1.82. The van der Waals surface area contributed by atoms with Crippen molar-refractivity contribution in [3.63, 3.8) is 0 Å². The number of carbonyl (C=O) groups excluding carboxylic acids is 1. The van der Waals surface area contributed by atoms with Crippen LogP contribution in [0.4, 0.5) is 13.2 Å². The lowest BCUT2D eigenvalue weighted by Gasteiger charge is -2.02. The summed E-state index contributed by atoms with van der Waals surface area (Å²) in [5, 5.41) is 0.474. The molecule has 3 nitrogen and oxygen atoms in total. The topological polar surface area (TPSA) is 43.1 Å². The molecule has 7 heteroatoms. The van der Waals surface area contributed by atoms with E-state index >= 15 is 0 Å². The first-order valence-electron chi connectivity index (χ1n) is 5.16. The molecule has 0 atom stereocenters. The molecule has 0 aliphatic heterocycles. The molecule has 0 spiro atoms. The highest BCUT2D eigenvalue weighted by Gasteiger charge is 2.32. The van der Waals surface area contributed by atoms with Crippen LogP contribution in [0.3, 0.4) is 0 Å². The van der Waals surface area contributed by atoms with Gasteiger partial charge >= 0.3 is 6.18 Å². The standard InChI is InChI=1S/C12H7ClF3NO2/c13-8-3-1-7(2-4-8)11-17-9(6-18)10(19-11)5-12(14,15)16/h1-4,6H,5H2. The summed E-state index contributed by atoms with van der Waals surface area (Å²) in [6, 6.07) is 6.18. The van der Waals surface area contributed by atoms with Crippen molar-refractivity contribution in [2.24, 2.45) is 0 Å². The van der Waals surface area contributed by atoms with Gasteiger partial charge in [-0.05, 0) is 24.3 Å². The maximum absolute atomic E-state index is 12.3. The predicted octanol–water partition coefficient (Wildman–Crippen LogP) is 3.91. The number of rotatable bonds is 3. The minimum atomic E-state index is -4.46. The number of carbonyl (C=O) groups is 1. The molecule has 100 valence electrons. The molecule has 1 aromatic carbocycles. The third-order valence-corrected chi connectivity index (χ3v) is 2.54. The molecule has 0 amide bonds. The lowest BCUT2D eigenvalue weighted by Crippen LogP contribution is -2.12. The summed E-state index contributed by atoms with van der Waals surface area (Å²) < 4.78 is 41.9. The van der Waals surface area contributed by atoms with E-state index in [1.54, 1.807) is 24.3 Å². The maximum atomic E-state index is 12.3. The van der Waals surface area contributed by atoms with Crippen LogP contribution >= 0.6 is 11.6 Å². The van der Waals surface area contributed by atoms with E-state index in [0.29, 0.717) is 10.6 Å². The fourth-order valence-corrected chi connectivity index (χ4v) is 1.61. The van der Waals surface area contributed by atoms with Crippen LogP contribution in [-0.2, 0) is 6.42 Å². The number of hydrogen-bond donors (Lipinski definition) is 0. The molecule has 1 aromatic heterocycles. The van der Waals surface area contributed by atoms with Crippen LogP contribution in [0.1, 0.15) is 16.2 Å². The third-order valence-electron chi connectivity index (χ3n) is 2.29. The van der Waals surface area contributed by atoms with Gasteiger partial charge in [-0.25, -0.2) is 4.98 Å². The molecule has 1 heterocycles. The molecule has 0 aliphatic rings. The minimum Gasteiger partial charge on any atom is -0.440 e. The Balaban J connectivity index is 2.38. The van der Waals surface area contributed by atoms with Gasteiger partial charge in [-0.3, -0.25) is 4.79 Å². The monoisotopic (exact) mass is 289 g/mol. The summed E-state index contributed by atoms with van der Waals surface area (Å²) in [5.41, 5.74) is 0.100. The number of nitrogens with zero attached hydrogens (tertiary/aromatic N) is 1. The molecule has 19 heavy (non-hydrogen) atoms. The molecule has 0 bridgehead atoms. The molecular weight excluding hydrogens is 283 g/mol. The van der Waals surface area contributed by atoms with E-state index in [0.717, 1.165) is 0 Å². The van der Waals surface area contributed by atoms with E-state index in [-0.39, 0.29) is 17.9 Å². The average Bonchev–Trinajstić information content (AvgIpc) is 2.70. The lowest BCUT2D eigenvalue weighted by atomic mass is 10.2. The van der Waals surface area contributed by atoms with Gasteiger partial charge in [-0.15, -0.1) is 0 Å². The highest BCUT2D eigenvalue weighted by atomic mass is 35.5. The first kappa shape index (κ1) is 13.6. The molecule has 2 aromatic rings. The van der Waals surface area contributed by atoms with Crippen molar-refractivity contribution in [3.05, 3.63) is 40.7 Å². The van der Waals surface area contributed by atoms with Crippen LogP contribution in [0, 0.1) is 0 Å². The number of halogens is 4. The number of benzene rings is 1. The van der Waals surface area contributed by atoms with Gasteiger partial charge in [0.25, 0.3) is 0 Å². The quantitative estimate of drug-likeness (QED) is 0.805. The molecule has 0 N–H and O–H groups in total. The zero-order valence-corrected chi connectivity index (χ0v) is 10.1. The van der Waals surface area contributed by atoms with Crippen molar-refractivity contribution < 1.29 is 22.4 Å². The number of alkyl halides is 3. The van der Waals surface area contributed by atoms with E-state index in [4.69, 9.17) is 16.0 Å². The summed E-state index contributed by atoms with van der Waals surface area (Å²) in [6.45, 7) is 0. The molecule has 0 radical (unpaired) electrons. The summed E-state index contributed by atoms with van der Waals surface area (Å²) in [4.78, 5) is 14.4. The Bertz CT molecular complexity index is 590. The summed E-state index contributed by atoms with van der Waals surface area (Å²) in [5.74, 6) is -0.537. The zero-order valence-electron chi connectivity index (χ0n) is 9.37. The molecule has 2 rings (SSSR count). The molecule has 0 aliphatic carbocycles. The maximum Gasteiger partial charge on any atom is 0.396 e. The van der Waals surface area contributed by atoms with Crippen molar-refractivity contribution in [1.29, 1.82) is 0 Å². The van der Waals surface area contributed by atoms with Crippen molar-refractivity contribution >= 4 is 17.9 Å². The van der Waals surface area contributed by atoms with Crippen LogP contribution in [0.25, 0.3) is 11.5 Å².